The molecule has 21 heavy (non-hydrogen) atoms. The molecule has 1 aromatic rings. The Balaban J connectivity index is 1.85. The molecule has 118 valence electrons. The second kappa shape index (κ2) is 7.17. The smallest absolute Gasteiger partial charge is 0.321 e. The molecule has 0 bridgehead atoms. The van der Waals surface area contributed by atoms with Gasteiger partial charge in [-0.2, -0.15) is 0 Å². The Hall–Kier alpha value is -1.21. The van der Waals surface area contributed by atoms with Crippen LogP contribution in [-0.2, 0) is 6.42 Å². The number of aromatic nitrogens is 2. The lowest BCUT2D eigenvalue weighted by atomic mass is 9.86. The lowest BCUT2D eigenvalue weighted by Crippen LogP contribution is -2.46. The summed E-state index contributed by atoms with van der Waals surface area (Å²) in [5.41, 5.74) is -0.218. The highest BCUT2D eigenvalue weighted by molar-refractivity contribution is 7.15. The van der Waals surface area contributed by atoms with E-state index in [1.165, 1.54) is 11.3 Å². The largest absolute Gasteiger partial charge is 0.396 e. The Kier molecular flexibility index (Phi) is 5.52. The van der Waals surface area contributed by atoms with Gasteiger partial charge in [0.1, 0.15) is 5.01 Å². The molecule has 6 nitrogen and oxygen atoms in total. The maximum Gasteiger partial charge on any atom is 0.321 e. The van der Waals surface area contributed by atoms with Crippen molar-refractivity contribution in [1.82, 2.24) is 15.5 Å². The lowest BCUT2D eigenvalue weighted by molar-refractivity contribution is 0.122. The molecule has 1 heterocycles. The fourth-order valence-electron chi connectivity index (χ4n) is 2.69. The van der Waals surface area contributed by atoms with Gasteiger partial charge in [-0.25, -0.2) is 4.79 Å². The van der Waals surface area contributed by atoms with Crippen LogP contribution in [0.15, 0.2) is 0 Å². The average molecular weight is 312 g/mol. The number of nitrogens with zero attached hydrogens (tertiary/aromatic N) is 2. The lowest BCUT2D eigenvalue weighted by Gasteiger charge is -2.29. The molecule has 0 aliphatic heterocycles. The van der Waals surface area contributed by atoms with Gasteiger partial charge in [0.05, 0.1) is 6.61 Å². The predicted molar refractivity (Wildman–Crippen MR) is 83.5 cm³/mol. The summed E-state index contributed by atoms with van der Waals surface area (Å²) >= 11 is 1.42. The van der Waals surface area contributed by atoms with Crippen molar-refractivity contribution in [3.63, 3.8) is 0 Å². The number of aryl methyl sites for hydroxylation is 1. The zero-order chi connectivity index (χ0) is 15.3. The van der Waals surface area contributed by atoms with Gasteiger partial charge in [0.2, 0.25) is 5.13 Å². The molecule has 2 amide bonds. The van der Waals surface area contributed by atoms with E-state index in [1.807, 2.05) is 6.92 Å². The van der Waals surface area contributed by atoms with Crippen LogP contribution in [0.4, 0.5) is 9.93 Å². The second-order valence-corrected chi connectivity index (χ2v) is 7.02. The minimum atomic E-state index is -0.264. The first-order chi connectivity index (χ1) is 10.1. The normalized spacial score (nSPS) is 25.0. The van der Waals surface area contributed by atoms with E-state index in [0.717, 1.165) is 43.5 Å². The number of rotatable bonds is 6. The number of carbonyl (C=O) groups is 1. The van der Waals surface area contributed by atoms with E-state index in [2.05, 4.69) is 27.8 Å². The number of aliphatic hydroxyl groups is 1. The Morgan fingerprint density at radius 3 is 3.05 bits per heavy atom. The molecule has 1 aromatic heterocycles. The fourth-order valence-corrected chi connectivity index (χ4v) is 3.47. The summed E-state index contributed by atoms with van der Waals surface area (Å²) in [7, 11) is 0. The molecular formula is C14H24N4O2S. The maximum absolute atomic E-state index is 12.0. The summed E-state index contributed by atoms with van der Waals surface area (Å²) < 4.78 is 0. The quantitative estimate of drug-likeness (QED) is 0.753. The summed E-state index contributed by atoms with van der Waals surface area (Å²) in [6, 6.07) is -0.255. The van der Waals surface area contributed by atoms with Gasteiger partial charge >= 0.3 is 6.03 Å². The SMILES string of the molecule is CCCCc1nnc(NC(=O)NC2CCCC2(C)CO)s1. The number of aliphatic hydroxyl groups excluding tert-OH is 1. The molecule has 1 fully saturated rings. The molecule has 1 aliphatic rings. The number of unbranched alkanes of at least 4 members (excludes halogenated alkanes) is 1. The minimum absolute atomic E-state index is 0.00924. The van der Waals surface area contributed by atoms with Crippen LogP contribution in [0.3, 0.4) is 0 Å². The van der Waals surface area contributed by atoms with Gasteiger partial charge in [-0.05, 0) is 19.3 Å². The third-order valence-corrected chi connectivity index (χ3v) is 5.08. The fraction of sp³-hybridized carbons (Fsp3) is 0.786. The topological polar surface area (TPSA) is 87.1 Å². The van der Waals surface area contributed by atoms with Crippen LogP contribution in [0.2, 0.25) is 0 Å². The van der Waals surface area contributed by atoms with Crippen LogP contribution in [0.25, 0.3) is 0 Å². The van der Waals surface area contributed by atoms with E-state index < -0.39 is 0 Å². The van der Waals surface area contributed by atoms with Gasteiger partial charge < -0.3 is 10.4 Å². The number of carbonyl (C=O) groups excluding carboxylic acids is 1. The average Bonchev–Trinajstić information content (AvgIpc) is 3.05. The van der Waals surface area contributed by atoms with Gasteiger partial charge in [-0.1, -0.05) is 38.0 Å². The summed E-state index contributed by atoms with van der Waals surface area (Å²) in [6.07, 6.45) is 5.98. The zero-order valence-electron chi connectivity index (χ0n) is 12.7. The monoisotopic (exact) mass is 312 g/mol. The number of hydrogen-bond acceptors (Lipinski definition) is 5. The molecule has 2 atom stereocenters. The Morgan fingerprint density at radius 2 is 2.33 bits per heavy atom. The standard InChI is InChI=1S/C14H24N4O2S/c1-3-4-7-11-17-18-13(21-11)16-12(20)15-10-6-5-8-14(10,2)9-19/h10,19H,3-9H2,1-2H3,(H2,15,16,18,20). The van der Waals surface area contributed by atoms with Crippen molar-refractivity contribution < 1.29 is 9.90 Å². The van der Waals surface area contributed by atoms with Gasteiger partial charge in [0, 0.05) is 17.9 Å². The molecule has 2 rings (SSSR count). The molecule has 1 saturated carbocycles. The molecular weight excluding hydrogens is 288 g/mol. The molecule has 7 heteroatoms. The van der Waals surface area contributed by atoms with E-state index in [4.69, 9.17) is 0 Å². The van der Waals surface area contributed by atoms with Gasteiger partial charge in [-0.15, -0.1) is 10.2 Å². The first-order valence-corrected chi connectivity index (χ1v) is 8.40. The highest BCUT2D eigenvalue weighted by Gasteiger charge is 2.39. The maximum atomic E-state index is 12.0. The van der Waals surface area contributed by atoms with Crippen molar-refractivity contribution in [2.45, 2.75) is 58.4 Å². The Labute approximate surface area is 129 Å². The summed E-state index contributed by atoms with van der Waals surface area (Å²) in [5.74, 6) is 0. The third kappa shape index (κ3) is 4.14. The summed E-state index contributed by atoms with van der Waals surface area (Å²) in [6.45, 7) is 4.24. The predicted octanol–water partition coefficient (Wildman–Crippen LogP) is 2.55. The van der Waals surface area contributed by atoms with Crippen molar-refractivity contribution in [2.75, 3.05) is 11.9 Å². The molecule has 1 aliphatic carbocycles. The van der Waals surface area contributed by atoms with Gasteiger partial charge in [0.25, 0.3) is 0 Å². The van der Waals surface area contributed by atoms with Crippen LogP contribution < -0.4 is 10.6 Å². The van der Waals surface area contributed by atoms with Crippen LogP contribution in [0.1, 0.15) is 51.0 Å². The van der Waals surface area contributed by atoms with Crippen molar-refractivity contribution in [3.05, 3.63) is 5.01 Å². The highest BCUT2D eigenvalue weighted by atomic mass is 32.1. The molecule has 3 N–H and O–H groups in total. The summed E-state index contributed by atoms with van der Waals surface area (Å²) in [4.78, 5) is 12.0. The number of hydrogen-bond donors (Lipinski definition) is 3. The minimum Gasteiger partial charge on any atom is -0.396 e. The highest BCUT2D eigenvalue weighted by Crippen LogP contribution is 2.37. The van der Waals surface area contributed by atoms with E-state index in [-0.39, 0.29) is 24.1 Å². The van der Waals surface area contributed by atoms with E-state index in [0.29, 0.717) is 5.13 Å². The molecule has 0 aromatic carbocycles. The first-order valence-electron chi connectivity index (χ1n) is 7.58. The molecule has 0 radical (unpaired) electrons. The van der Waals surface area contributed by atoms with Gasteiger partial charge in [-0.3, -0.25) is 5.32 Å². The van der Waals surface area contributed by atoms with Crippen LogP contribution >= 0.6 is 11.3 Å². The second-order valence-electron chi connectivity index (χ2n) is 5.96. The van der Waals surface area contributed by atoms with E-state index in [9.17, 15) is 9.90 Å². The Morgan fingerprint density at radius 1 is 1.52 bits per heavy atom. The molecule has 2 unspecified atom stereocenters. The van der Waals surface area contributed by atoms with E-state index >= 15 is 0 Å². The van der Waals surface area contributed by atoms with Crippen molar-refractivity contribution in [1.29, 1.82) is 0 Å². The number of amides is 2. The van der Waals surface area contributed by atoms with Crippen LogP contribution in [-0.4, -0.2) is 34.0 Å². The van der Waals surface area contributed by atoms with Gasteiger partial charge in [0.15, 0.2) is 0 Å². The zero-order valence-corrected chi connectivity index (χ0v) is 13.5. The number of anilines is 1. The van der Waals surface area contributed by atoms with Crippen molar-refractivity contribution in [2.24, 2.45) is 5.41 Å². The molecule has 0 saturated heterocycles. The number of nitrogens with one attached hydrogen (secondary N) is 2. The number of urea groups is 1. The van der Waals surface area contributed by atoms with Crippen LogP contribution in [0.5, 0.6) is 0 Å². The molecule has 0 spiro atoms. The van der Waals surface area contributed by atoms with Crippen LogP contribution in [0, 0.1) is 5.41 Å². The van der Waals surface area contributed by atoms with Crippen molar-refractivity contribution >= 4 is 22.5 Å². The van der Waals surface area contributed by atoms with Crippen molar-refractivity contribution in [3.8, 4) is 0 Å². The first kappa shape index (κ1) is 16.2. The third-order valence-electron chi connectivity index (χ3n) is 4.18. The van der Waals surface area contributed by atoms with E-state index in [1.54, 1.807) is 0 Å². The Bertz CT molecular complexity index is 479. The summed E-state index contributed by atoms with van der Waals surface area (Å²) in [5, 5.41) is 24.7.